The van der Waals surface area contributed by atoms with Crippen LogP contribution in [0.1, 0.15) is 18.4 Å². The first kappa shape index (κ1) is 20.8. The first-order valence-electron chi connectivity index (χ1n) is 9.74. The Morgan fingerprint density at radius 3 is 2.59 bits per heavy atom. The molecule has 13 heteroatoms. The number of halogens is 3. The van der Waals surface area contributed by atoms with Gasteiger partial charge in [-0.25, -0.2) is 9.78 Å². The molecule has 2 bridgehead atoms. The molecule has 2 aliphatic heterocycles. The number of anilines is 1. The van der Waals surface area contributed by atoms with E-state index in [2.05, 4.69) is 14.7 Å². The Hall–Kier alpha value is -3.06. The molecule has 2 atom stereocenters. The van der Waals surface area contributed by atoms with Gasteiger partial charge in [0, 0.05) is 30.2 Å². The number of carbonyl (C=O) groups is 1. The van der Waals surface area contributed by atoms with Crippen LogP contribution in [-0.2, 0) is 6.61 Å². The quantitative estimate of drug-likeness (QED) is 0.594. The van der Waals surface area contributed by atoms with Crippen LogP contribution in [0.2, 0.25) is 0 Å². The van der Waals surface area contributed by atoms with E-state index in [1.54, 1.807) is 16.5 Å². The number of alkyl halides is 3. The lowest BCUT2D eigenvalue weighted by Gasteiger charge is -2.38. The number of amides is 1. The third-order valence-corrected chi connectivity index (χ3v) is 6.52. The molecule has 2 N–H and O–H groups in total. The summed E-state index contributed by atoms with van der Waals surface area (Å²) in [5.41, 5.74) is 0.164. The Kier molecular flexibility index (Phi) is 4.89. The first-order chi connectivity index (χ1) is 15.2. The number of carboxylic acid groups (broad SMARTS) is 1. The van der Waals surface area contributed by atoms with Crippen molar-refractivity contribution in [2.75, 3.05) is 18.0 Å². The molecule has 1 amide bonds. The summed E-state index contributed by atoms with van der Waals surface area (Å²) in [6.07, 6.45) is -3.06. The number of ether oxygens (including phenoxy) is 1. The molecule has 1 aromatic carbocycles. The normalized spacial score (nSPS) is 20.9. The SMILES string of the molecule is O=C(O)N1C2CCC1CN(c1nc3c(OC(F)(F)F)c(CO)cc(-c4nccs4)c3o1)C2. The molecule has 9 nitrogen and oxygen atoms in total. The summed E-state index contributed by atoms with van der Waals surface area (Å²) in [5.74, 6) is -0.627. The lowest BCUT2D eigenvalue weighted by atomic mass is 10.1. The zero-order valence-corrected chi connectivity index (χ0v) is 17.2. The molecule has 2 saturated heterocycles. The number of aliphatic hydroxyl groups excluding tert-OH is 1. The van der Waals surface area contributed by atoms with E-state index in [0.29, 0.717) is 36.5 Å². The molecule has 4 heterocycles. The zero-order chi connectivity index (χ0) is 22.6. The minimum Gasteiger partial charge on any atom is -0.465 e. The number of aliphatic hydroxyl groups is 1. The largest absolute Gasteiger partial charge is 0.573 e. The number of nitrogens with zero attached hydrogens (tertiary/aromatic N) is 4. The highest BCUT2D eigenvalue weighted by atomic mass is 32.1. The Balaban J connectivity index is 1.62. The molecule has 0 radical (unpaired) electrons. The lowest BCUT2D eigenvalue weighted by Crippen LogP contribution is -2.55. The van der Waals surface area contributed by atoms with Gasteiger partial charge in [-0.15, -0.1) is 24.5 Å². The van der Waals surface area contributed by atoms with Gasteiger partial charge in [-0.2, -0.15) is 4.98 Å². The predicted molar refractivity (Wildman–Crippen MR) is 107 cm³/mol. The van der Waals surface area contributed by atoms with Crippen molar-refractivity contribution in [3.63, 3.8) is 0 Å². The topological polar surface area (TPSA) is 112 Å². The van der Waals surface area contributed by atoms with Crippen LogP contribution in [0.15, 0.2) is 22.1 Å². The van der Waals surface area contributed by atoms with Crippen LogP contribution in [0, 0.1) is 0 Å². The van der Waals surface area contributed by atoms with E-state index in [9.17, 15) is 28.2 Å². The highest BCUT2D eigenvalue weighted by Gasteiger charge is 2.44. The van der Waals surface area contributed by atoms with Crippen LogP contribution in [0.4, 0.5) is 24.0 Å². The minimum absolute atomic E-state index is 0.0550. The van der Waals surface area contributed by atoms with Crippen molar-refractivity contribution in [2.24, 2.45) is 0 Å². The predicted octanol–water partition coefficient (Wildman–Crippen LogP) is 3.67. The molecular formula is C19H17F3N4O5S. The number of rotatable bonds is 4. The van der Waals surface area contributed by atoms with E-state index < -0.39 is 24.8 Å². The van der Waals surface area contributed by atoms with Gasteiger partial charge in [0.1, 0.15) is 5.01 Å². The van der Waals surface area contributed by atoms with Gasteiger partial charge in [-0.1, -0.05) is 0 Å². The van der Waals surface area contributed by atoms with Crippen LogP contribution in [0.5, 0.6) is 5.75 Å². The Morgan fingerprint density at radius 2 is 2.03 bits per heavy atom. The number of piperazine rings is 1. The number of benzene rings is 1. The van der Waals surface area contributed by atoms with Gasteiger partial charge in [0.05, 0.1) is 24.3 Å². The summed E-state index contributed by atoms with van der Waals surface area (Å²) in [6.45, 7) is -0.0849. The van der Waals surface area contributed by atoms with Crippen molar-refractivity contribution in [1.29, 1.82) is 0 Å². The number of thiazole rings is 1. The van der Waals surface area contributed by atoms with Gasteiger partial charge >= 0.3 is 12.5 Å². The summed E-state index contributed by atoms with van der Waals surface area (Å²) >= 11 is 1.26. The Labute approximate surface area is 182 Å². The summed E-state index contributed by atoms with van der Waals surface area (Å²) in [7, 11) is 0. The van der Waals surface area contributed by atoms with Crippen LogP contribution in [0.25, 0.3) is 21.7 Å². The van der Waals surface area contributed by atoms with Gasteiger partial charge in [0.15, 0.2) is 16.8 Å². The number of oxazole rings is 1. The maximum atomic E-state index is 13.1. The number of aromatic nitrogens is 2. The van der Waals surface area contributed by atoms with Crippen molar-refractivity contribution in [2.45, 2.75) is 37.9 Å². The van der Waals surface area contributed by atoms with E-state index in [1.807, 2.05) is 0 Å². The number of hydrogen-bond acceptors (Lipinski definition) is 8. The second kappa shape index (κ2) is 7.52. The van der Waals surface area contributed by atoms with Crippen molar-refractivity contribution >= 4 is 34.5 Å². The minimum atomic E-state index is -5.00. The van der Waals surface area contributed by atoms with E-state index in [-0.39, 0.29) is 34.8 Å². The van der Waals surface area contributed by atoms with E-state index in [1.165, 1.54) is 22.3 Å². The molecule has 2 aromatic heterocycles. The van der Waals surface area contributed by atoms with Gasteiger partial charge in [-0.05, 0) is 18.9 Å². The summed E-state index contributed by atoms with van der Waals surface area (Å²) in [6, 6.07) is 0.919. The molecular weight excluding hydrogens is 453 g/mol. The van der Waals surface area contributed by atoms with Crippen LogP contribution in [-0.4, -0.2) is 62.7 Å². The fraction of sp³-hybridized carbons (Fsp3) is 0.421. The maximum absolute atomic E-state index is 13.1. The van der Waals surface area contributed by atoms with Gasteiger partial charge < -0.3 is 24.3 Å². The van der Waals surface area contributed by atoms with Gasteiger partial charge in [0.25, 0.3) is 6.01 Å². The molecule has 2 fully saturated rings. The zero-order valence-electron chi connectivity index (χ0n) is 16.4. The van der Waals surface area contributed by atoms with Crippen LogP contribution in [0.3, 0.4) is 0 Å². The van der Waals surface area contributed by atoms with E-state index in [4.69, 9.17) is 4.42 Å². The van der Waals surface area contributed by atoms with Gasteiger partial charge in [0.2, 0.25) is 0 Å². The van der Waals surface area contributed by atoms with E-state index >= 15 is 0 Å². The van der Waals surface area contributed by atoms with Crippen molar-refractivity contribution in [3.05, 3.63) is 23.2 Å². The molecule has 32 heavy (non-hydrogen) atoms. The van der Waals surface area contributed by atoms with Crippen LogP contribution >= 0.6 is 11.3 Å². The smallest absolute Gasteiger partial charge is 0.465 e. The molecule has 0 saturated carbocycles. The summed E-state index contributed by atoms with van der Waals surface area (Å²) in [5, 5.41) is 21.4. The molecule has 0 spiro atoms. The van der Waals surface area contributed by atoms with Crippen molar-refractivity contribution in [3.8, 4) is 16.3 Å². The van der Waals surface area contributed by atoms with E-state index in [0.717, 1.165) is 0 Å². The average molecular weight is 470 g/mol. The van der Waals surface area contributed by atoms with Crippen LogP contribution < -0.4 is 9.64 Å². The molecule has 5 rings (SSSR count). The molecule has 2 unspecified atom stereocenters. The second-order valence-corrected chi connectivity index (χ2v) is 8.50. The number of fused-ring (bicyclic) bond motifs is 3. The molecule has 0 aliphatic carbocycles. The fourth-order valence-corrected chi connectivity index (χ4v) is 5.12. The standard InChI is InChI=1S/C19H17F3N4O5S/c20-19(21,22)31-14-9(8-27)5-12(16-23-3-4-32-16)15-13(14)24-17(30-15)25-6-10-1-2-11(7-25)26(10)18(28)29/h3-5,10-11,27H,1-2,6-8H2,(H,28,29). The Morgan fingerprint density at radius 1 is 1.31 bits per heavy atom. The summed E-state index contributed by atoms with van der Waals surface area (Å²) < 4.78 is 49.5. The molecule has 170 valence electrons. The maximum Gasteiger partial charge on any atom is 0.573 e. The highest BCUT2D eigenvalue weighted by Crippen LogP contribution is 2.43. The monoisotopic (exact) mass is 470 g/mol. The van der Waals surface area contributed by atoms with Crippen molar-refractivity contribution in [1.82, 2.24) is 14.9 Å². The Bertz CT molecular complexity index is 1150. The van der Waals surface area contributed by atoms with Crippen molar-refractivity contribution < 1.29 is 37.3 Å². The molecule has 3 aromatic rings. The summed E-state index contributed by atoms with van der Waals surface area (Å²) in [4.78, 5) is 23.2. The third kappa shape index (κ3) is 3.50. The number of hydrogen-bond donors (Lipinski definition) is 2. The third-order valence-electron chi connectivity index (χ3n) is 5.71. The molecule has 2 aliphatic rings. The second-order valence-electron chi connectivity index (χ2n) is 7.61. The first-order valence-corrected chi connectivity index (χ1v) is 10.6. The average Bonchev–Trinajstić information content (AvgIpc) is 3.45. The van der Waals surface area contributed by atoms with Gasteiger partial charge in [-0.3, -0.25) is 4.90 Å². The fourth-order valence-electron chi connectivity index (χ4n) is 4.47. The highest BCUT2D eigenvalue weighted by molar-refractivity contribution is 7.13. The lowest BCUT2D eigenvalue weighted by molar-refractivity contribution is -0.274.